The van der Waals surface area contributed by atoms with Gasteiger partial charge in [0.15, 0.2) is 6.10 Å². The molecule has 1 unspecified atom stereocenters. The van der Waals surface area contributed by atoms with Crippen molar-refractivity contribution in [2.75, 3.05) is 26.4 Å². The zero-order valence-electron chi connectivity index (χ0n) is 32.1. The molecule has 9 nitrogen and oxygen atoms in total. The Bertz CT molecular complexity index is 881. The SMILES string of the molecule is CCCC/C=C\C/C=C\CCCCCCCC(=O)OC[C@H](COP(=O)(O)OCCN)OC(=O)CCCCCCCCCCCCCCCCC. The Kier molecular flexibility index (Phi) is 36.1. The first-order chi connectivity index (χ1) is 24.3. The molecule has 2 atom stereocenters. The Balaban J connectivity index is 4.19. The van der Waals surface area contributed by atoms with E-state index in [2.05, 4.69) is 38.2 Å². The maximum absolute atomic E-state index is 12.5. The number of carbonyl (C=O) groups excluding carboxylic acids is 2. The van der Waals surface area contributed by atoms with Gasteiger partial charge in [0.05, 0.1) is 13.2 Å². The zero-order chi connectivity index (χ0) is 36.8. The predicted octanol–water partition coefficient (Wildman–Crippen LogP) is 11.2. The van der Waals surface area contributed by atoms with Gasteiger partial charge in [0.2, 0.25) is 0 Å². The number of carbonyl (C=O) groups is 2. The summed E-state index contributed by atoms with van der Waals surface area (Å²) in [5.74, 6) is -0.840. The number of hydrogen-bond donors (Lipinski definition) is 2. The maximum Gasteiger partial charge on any atom is 0.472 e. The molecule has 0 aliphatic carbocycles. The lowest BCUT2D eigenvalue weighted by atomic mass is 10.0. The number of ether oxygens (including phenoxy) is 2. The smallest absolute Gasteiger partial charge is 0.462 e. The molecule has 0 saturated heterocycles. The molecule has 294 valence electrons. The van der Waals surface area contributed by atoms with Crippen molar-refractivity contribution in [2.45, 2.75) is 193 Å². The molecule has 0 bridgehead atoms. The standard InChI is InChI=1S/C40H76NO8P/c1-3-5-7-9-11-13-15-17-19-21-23-25-27-29-31-33-40(43)49-38(37-48-50(44,45)47-35-34-41)36-46-39(42)32-30-28-26-24-22-20-18-16-14-12-10-8-6-4-2/h10,12,16,18,38H,3-9,11,13-15,17,19-37,41H2,1-2H3,(H,44,45)/b12-10-,18-16-/t38-/m1/s1. The van der Waals surface area contributed by atoms with Gasteiger partial charge in [-0.05, 0) is 38.5 Å². The minimum Gasteiger partial charge on any atom is -0.462 e. The van der Waals surface area contributed by atoms with Crippen LogP contribution in [-0.2, 0) is 32.7 Å². The molecule has 0 amide bonds. The molecule has 0 fully saturated rings. The summed E-state index contributed by atoms with van der Waals surface area (Å²) in [5, 5.41) is 0. The molecule has 0 spiro atoms. The summed E-state index contributed by atoms with van der Waals surface area (Å²) in [6.07, 6.45) is 37.7. The Morgan fingerprint density at radius 2 is 1.06 bits per heavy atom. The molecule has 0 saturated carbocycles. The molecule has 50 heavy (non-hydrogen) atoms. The second-order valence-corrected chi connectivity index (χ2v) is 15.0. The number of rotatable bonds is 38. The molecule has 0 aromatic carbocycles. The molecule has 0 aliphatic heterocycles. The van der Waals surface area contributed by atoms with Crippen molar-refractivity contribution >= 4 is 19.8 Å². The third-order valence-corrected chi connectivity index (χ3v) is 9.57. The topological polar surface area (TPSA) is 134 Å². The zero-order valence-corrected chi connectivity index (χ0v) is 33.0. The second kappa shape index (κ2) is 37.3. The van der Waals surface area contributed by atoms with Crippen LogP contribution in [0.25, 0.3) is 0 Å². The summed E-state index contributed by atoms with van der Waals surface area (Å²) in [6.45, 7) is 3.68. The van der Waals surface area contributed by atoms with Gasteiger partial charge in [0.1, 0.15) is 6.61 Å². The van der Waals surface area contributed by atoms with Crippen molar-refractivity contribution in [1.29, 1.82) is 0 Å². The lowest BCUT2D eigenvalue weighted by Crippen LogP contribution is -2.29. The minimum absolute atomic E-state index is 0.0529. The van der Waals surface area contributed by atoms with Gasteiger partial charge in [-0.1, -0.05) is 160 Å². The quantitative estimate of drug-likeness (QED) is 0.0275. The Labute approximate surface area is 306 Å². The van der Waals surface area contributed by atoms with Crippen LogP contribution < -0.4 is 5.73 Å². The molecular formula is C40H76NO8P. The van der Waals surface area contributed by atoms with Gasteiger partial charge in [-0.2, -0.15) is 0 Å². The third kappa shape index (κ3) is 36.3. The minimum atomic E-state index is -4.37. The average molecular weight is 730 g/mol. The largest absolute Gasteiger partial charge is 0.472 e. The van der Waals surface area contributed by atoms with Gasteiger partial charge < -0.3 is 20.1 Å². The number of unbranched alkanes of at least 4 members (excludes halogenated alkanes) is 21. The molecule has 10 heteroatoms. The molecular weight excluding hydrogens is 653 g/mol. The molecule has 0 aliphatic rings. The van der Waals surface area contributed by atoms with Crippen molar-refractivity contribution in [3.63, 3.8) is 0 Å². The maximum atomic E-state index is 12.5. The number of nitrogens with two attached hydrogens (primary N) is 1. The number of esters is 2. The highest BCUT2D eigenvalue weighted by Gasteiger charge is 2.26. The number of phosphoric acid groups is 1. The summed E-state index contributed by atoms with van der Waals surface area (Å²) in [5.41, 5.74) is 5.34. The van der Waals surface area contributed by atoms with E-state index in [0.29, 0.717) is 6.42 Å². The van der Waals surface area contributed by atoms with Gasteiger partial charge in [0.25, 0.3) is 0 Å². The molecule has 0 aromatic heterocycles. The average Bonchev–Trinajstić information content (AvgIpc) is 3.10. The number of allylic oxidation sites excluding steroid dienone is 4. The summed E-state index contributed by atoms with van der Waals surface area (Å²) in [4.78, 5) is 34.8. The predicted molar refractivity (Wildman–Crippen MR) is 206 cm³/mol. The molecule has 0 rings (SSSR count). The first kappa shape index (κ1) is 48.5. The van der Waals surface area contributed by atoms with Crippen LogP contribution in [0.1, 0.15) is 187 Å². The monoisotopic (exact) mass is 730 g/mol. The molecule has 3 N–H and O–H groups in total. The molecule has 0 aromatic rings. The fraction of sp³-hybridized carbons (Fsp3) is 0.850. The van der Waals surface area contributed by atoms with E-state index in [-0.39, 0.29) is 32.6 Å². The van der Waals surface area contributed by atoms with E-state index in [1.54, 1.807) is 0 Å². The first-order valence-corrected chi connectivity index (χ1v) is 21.8. The van der Waals surface area contributed by atoms with Crippen LogP contribution in [0.2, 0.25) is 0 Å². The van der Waals surface area contributed by atoms with E-state index in [1.165, 1.54) is 89.9 Å². The highest BCUT2D eigenvalue weighted by atomic mass is 31.2. The summed E-state index contributed by atoms with van der Waals surface area (Å²) in [6, 6.07) is 0. The van der Waals surface area contributed by atoms with Crippen LogP contribution in [0.15, 0.2) is 24.3 Å². The van der Waals surface area contributed by atoms with Gasteiger partial charge in [-0.25, -0.2) is 4.57 Å². The van der Waals surface area contributed by atoms with E-state index < -0.39 is 32.5 Å². The van der Waals surface area contributed by atoms with Crippen molar-refractivity contribution in [1.82, 2.24) is 0 Å². The van der Waals surface area contributed by atoms with E-state index in [1.807, 2.05) is 0 Å². The van der Waals surface area contributed by atoms with Gasteiger partial charge in [-0.15, -0.1) is 0 Å². The van der Waals surface area contributed by atoms with Gasteiger partial charge in [-0.3, -0.25) is 18.6 Å². The van der Waals surface area contributed by atoms with Crippen molar-refractivity contribution < 1.29 is 37.6 Å². The Morgan fingerprint density at radius 3 is 1.58 bits per heavy atom. The fourth-order valence-corrected chi connectivity index (χ4v) is 6.30. The normalized spacial score (nSPS) is 13.6. The number of hydrogen-bond acceptors (Lipinski definition) is 8. The summed E-state index contributed by atoms with van der Waals surface area (Å²) < 4.78 is 32.7. The first-order valence-electron chi connectivity index (χ1n) is 20.3. The number of phosphoric ester groups is 1. The van der Waals surface area contributed by atoms with E-state index in [4.69, 9.17) is 24.3 Å². The van der Waals surface area contributed by atoms with Crippen molar-refractivity contribution in [3.05, 3.63) is 24.3 Å². The van der Waals surface area contributed by atoms with Gasteiger partial charge in [0, 0.05) is 19.4 Å². The molecule has 0 radical (unpaired) electrons. The van der Waals surface area contributed by atoms with Crippen molar-refractivity contribution in [2.24, 2.45) is 5.73 Å². The summed E-state index contributed by atoms with van der Waals surface area (Å²) >= 11 is 0. The lowest BCUT2D eigenvalue weighted by Gasteiger charge is -2.19. The highest BCUT2D eigenvalue weighted by Crippen LogP contribution is 2.43. The van der Waals surface area contributed by atoms with Crippen LogP contribution in [0.5, 0.6) is 0 Å². The summed E-state index contributed by atoms with van der Waals surface area (Å²) in [7, 11) is -4.37. The van der Waals surface area contributed by atoms with Gasteiger partial charge >= 0.3 is 19.8 Å². The Hall–Kier alpha value is -1.51. The van der Waals surface area contributed by atoms with E-state index >= 15 is 0 Å². The fourth-order valence-electron chi connectivity index (χ4n) is 5.53. The lowest BCUT2D eigenvalue weighted by molar-refractivity contribution is -0.161. The molecule has 0 heterocycles. The second-order valence-electron chi connectivity index (χ2n) is 13.5. The van der Waals surface area contributed by atoms with E-state index in [9.17, 15) is 19.0 Å². The highest BCUT2D eigenvalue weighted by molar-refractivity contribution is 7.47. The van der Waals surface area contributed by atoms with Crippen LogP contribution in [0.3, 0.4) is 0 Å². The van der Waals surface area contributed by atoms with E-state index in [0.717, 1.165) is 64.2 Å². The van der Waals surface area contributed by atoms with Crippen LogP contribution >= 0.6 is 7.82 Å². The third-order valence-electron chi connectivity index (χ3n) is 8.59. The van der Waals surface area contributed by atoms with Crippen molar-refractivity contribution in [3.8, 4) is 0 Å². The van der Waals surface area contributed by atoms with Crippen LogP contribution in [0, 0.1) is 0 Å². The van der Waals surface area contributed by atoms with Crippen LogP contribution in [-0.4, -0.2) is 49.3 Å². The van der Waals surface area contributed by atoms with Crippen LogP contribution in [0.4, 0.5) is 0 Å². The Morgan fingerprint density at radius 1 is 0.600 bits per heavy atom.